The predicted octanol–water partition coefficient (Wildman–Crippen LogP) is 5.77. The normalized spacial score (nSPS) is 11.2. The number of hydrogen-bond donors (Lipinski definition) is 2. The topological polar surface area (TPSA) is 93.8 Å². The highest BCUT2D eigenvalue weighted by atomic mass is 35.5. The third-order valence-electron chi connectivity index (χ3n) is 5.47. The molecule has 0 radical (unpaired) electrons. The van der Waals surface area contributed by atoms with Crippen molar-refractivity contribution in [2.75, 3.05) is 11.1 Å². The van der Waals surface area contributed by atoms with Crippen LogP contribution < -0.4 is 11.1 Å². The Morgan fingerprint density at radius 1 is 1.15 bits per heavy atom. The van der Waals surface area contributed by atoms with E-state index in [1.807, 2.05) is 25.1 Å². The zero-order chi connectivity index (χ0) is 23.1. The first kappa shape index (κ1) is 21.2. The molecule has 0 aliphatic heterocycles. The van der Waals surface area contributed by atoms with Crippen molar-refractivity contribution in [1.29, 1.82) is 0 Å². The number of carbonyl (C=O) groups excluding carboxylic acids is 1. The van der Waals surface area contributed by atoms with Crippen LogP contribution >= 0.6 is 22.9 Å². The van der Waals surface area contributed by atoms with Crippen LogP contribution in [0.1, 0.15) is 27.2 Å². The highest BCUT2D eigenvalue weighted by Gasteiger charge is 2.18. The summed E-state index contributed by atoms with van der Waals surface area (Å²) in [7, 11) is 0. The van der Waals surface area contributed by atoms with Crippen molar-refractivity contribution in [2.24, 2.45) is 0 Å². The van der Waals surface area contributed by atoms with E-state index >= 15 is 0 Å². The van der Waals surface area contributed by atoms with Gasteiger partial charge in [-0.3, -0.25) is 9.78 Å². The first-order chi connectivity index (χ1) is 15.9. The molecule has 3 aromatic heterocycles. The fraction of sp³-hybridized carbons (Fsp3) is 0.0833. The first-order valence-corrected chi connectivity index (χ1v) is 11.3. The molecule has 0 bridgehead atoms. The molecular formula is C24H17ClFN5OS. The summed E-state index contributed by atoms with van der Waals surface area (Å²) in [5, 5.41) is 6.83. The van der Waals surface area contributed by atoms with Crippen molar-refractivity contribution in [3.05, 3.63) is 87.5 Å². The number of anilines is 2. The zero-order valence-corrected chi connectivity index (χ0v) is 19.0. The van der Waals surface area contributed by atoms with Crippen LogP contribution in [0, 0.1) is 12.7 Å². The van der Waals surface area contributed by atoms with Gasteiger partial charge in [-0.05, 0) is 42.3 Å². The van der Waals surface area contributed by atoms with Crippen molar-refractivity contribution in [2.45, 2.75) is 13.3 Å². The zero-order valence-electron chi connectivity index (χ0n) is 17.4. The van der Waals surface area contributed by atoms with Crippen LogP contribution in [-0.2, 0) is 6.42 Å². The van der Waals surface area contributed by atoms with Crippen LogP contribution in [0.15, 0.2) is 54.3 Å². The summed E-state index contributed by atoms with van der Waals surface area (Å²) in [6.07, 6.45) is 3.27. The van der Waals surface area contributed by atoms with Crippen LogP contribution in [-0.4, -0.2) is 20.9 Å². The number of benzene rings is 2. The highest BCUT2D eigenvalue weighted by Crippen LogP contribution is 2.32. The minimum atomic E-state index is -0.343. The molecule has 0 unspecified atom stereocenters. The van der Waals surface area contributed by atoms with E-state index in [2.05, 4.69) is 20.3 Å². The van der Waals surface area contributed by atoms with E-state index in [0.717, 1.165) is 16.3 Å². The second-order valence-electron chi connectivity index (χ2n) is 7.56. The van der Waals surface area contributed by atoms with Crippen molar-refractivity contribution >= 4 is 61.3 Å². The van der Waals surface area contributed by atoms with Gasteiger partial charge >= 0.3 is 0 Å². The molecule has 0 saturated carbocycles. The van der Waals surface area contributed by atoms with Gasteiger partial charge in [-0.1, -0.05) is 23.7 Å². The number of halogens is 2. The van der Waals surface area contributed by atoms with Crippen molar-refractivity contribution in [1.82, 2.24) is 15.0 Å². The molecule has 9 heteroatoms. The van der Waals surface area contributed by atoms with E-state index in [4.69, 9.17) is 17.3 Å². The molecule has 3 heterocycles. The molecule has 0 spiro atoms. The van der Waals surface area contributed by atoms with Crippen LogP contribution in [0.3, 0.4) is 0 Å². The molecule has 6 nitrogen and oxygen atoms in total. The number of aryl methyl sites for hydroxylation is 1. The average Bonchev–Trinajstić information content (AvgIpc) is 3.24. The maximum Gasteiger partial charge on any atom is 0.258 e. The summed E-state index contributed by atoms with van der Waals surface area (Å²) in [6.45, 7) is 1.91. The summed E-state index contributed by atoms with van der Waals surface area (Å²) >= 11 is 7.38. The molecule has 33 heavy (non-hydrogen) atoms. The molecule has 2 aromatic carbocycles. The number of amides is 1. The highest BCUT2D eigenvalue weighted by molar-refractivity contribution is 7.18. The van der Waals surface area contributed by atoms with Crippen molar-refractivity contribution in [3.63, 3.8) is 0 Å². The monoisotopic (exact) mass is 477 g/mol. The Morgan fingerprint density at radius 2 is 2.00 bits per heavy atom. The van der Waals surface area contributed by atoms with Gasteiger partial charge in [-0.25, -0.2) is 14.4 Å². The third kappa shape index (κ3) is 3.88. The number of thiophene rings is 1. The summed E-state index contributed by atoms with van der Waals surface area (Å²) < 4.78 is 15.0. The van der Waals surface area contributed by atoms with E-state index in [0.29, 0.717) is 43.6 Å². The quantitative estimate of drug-likeness (QED) is 0.343. The van der Waals surface area contributed by atoms with Gasteiger partial charge in [-0.15, -0.1) is 11.3 Å². The summed E-state index contributed by atoms with van der Waals surface area (Å²) in [4.78, 5) is 25.8. The number of aromatic nitrogens is 3. The van der Waals surface area contributed by atoms with E-state index in [-0.39, 0.29) is 18.1 Å². The number of carbonyl (C=O) groups is 1. The van der Waals surface area contributed by atoms with E-state index in [1.165, 1.54) is 29.8 Å². The molecule has 164 valence electrons. The maximum atomic E-state index is 14.3. The number of rotatable bonds is 4. The molecule has 5 aromatic rings. The number of hydrogen-bond acceptors (Lipinski definition) is 6. The molecule has 1 amide bonds. The Bertz CT molecular complexity index is 1550. The smallest absolute Gasteiger partial charge is 0.258 e. The SMILES string of the molecule is Cc1ccc2c(Cc3cc(Cl)ccc3F)nccc2c1NC(=O)c1csc2c(N)ncnc12. The molecule has 5 rings (SSSR count). The van der Waals surface area contributed by atoms with E-state index < -0.39 is 0 Å². The van der Waals surface area contributed by atoms with Crippen LogP contribution in [0.2, 0.25) is 5.02 Å². The molecule has 0 fully saturated rings. The van der Waals surface area contributed by atoms with E-state index in [9.17, 15) is 9.18 Å². The number of pyridine rings is 1. The Kier molecular flexibility index (Phi) is 5.39. The molecule has 0 aliphatic rings. The average molecular weight is 478 g/mol. The lowest BCUT2D eigenvalue weighted by molar-refractivity contribution is 0.102. The number of nitrogen functional groups attached to an aromatic ring is 1. The second-order valence-corrected chi connectivity index (χ2v) is 8.88. The molecule has 0 saturated heterocycles. The van der Waals surface area contributed by atoms with Gasteiger partial charge in [0.05, 0.1) is 27.2 Å². The molecule has 0 aliphatic carbocycles. The number of nitrogens with one attached hydrogen (secondary N) is 1. The standard InChI is InChI=1S/C24H17ClFN5OS/c1-12-2-4-15-16(6-7-28-19(15)9-13-8-14(25)3-5-18(13)26)20(12)31-24(32)17-10-33-22-21(17)29-11-30-23(22)27/h2-8,10-11H,9H2,1H3,(H,31,32)(H2,27,29,30). The van der Waals surface area contributed by atoms with Gasteiger partial charge in [0.1, 0.15) is 18.0 Å². The molecule has 0 atom stereocenters. The van der Waals surface area contributed by atoms with Crippen LogP contribution in [0.25, 0.3) is 21.0 Å². The van der Waals surface area contributed by atoms with Crippen LogP contribution in [0.4, 0.5) is 15.9 Å². The predicted molar refractivity (Wildman–Crippen MR) is 130 cm³/mol. The minimum absolute atomic E-state index is 0.269. The fourth-order valence-corrected chi connectivity index (χ4v) is 4.90. The fourth-order valence-electron chi connectivity index (χ4n) is 3.80. The third-order valence-corrected chi connectivity index (χ3v) is 6.69. The number of fused-ring (bicyclic) bond motifs is 2. The van der Waals surface area contributed by atoms with E-state index in [1.54, 1.807) is 17.6 Å². The maximum absolute atomic E-state index is 14.3. The Balaban J connectivity index is 1.55. The van der Waals surface area contributed by atoms with Crippen LogP contribution in [0.5, 0.6) is 0 Å². The van der Waals surface area contributed by atoms with Gasteiger partial charge in [0.25, 0.3) is 5.91 Å². The number of nitrogens with zero attached hydrogens (tertiary/aromatic N) is 3. The lowest BCUT2D eigenvalue weighted by atomic mass is 10.00. The second kappa shape index (κ2) is 8.38. The van der Waals surface area contributed by atoms with Gasteiger partial charge < -0.3 is 11.1 Å². The molecular weight excluding hydrogens is 461 g/mol. The lowest BCUT2D eigenvalue weighted by Crippen LogP contribution is -2.13. The van der Waals surface area contributed by atoms with Gasteiger partial charge in [0.15, 0.2) is 0 Å². The summed E-state index contributed by atoms with van der Waals surface area (Å²) in [6, 6.07) is 10.1. The number of nitrogens with two attached hydrogens (primary N) is 1. The lowest BCUT2D eigenvalue weighted by Gasteiger charge is -2.14. The Labute approximate surface area is 197 Å². The first-order valence-electron chi connectivity index (χ1n) is 10.0. The minimum Gasteiger partial charge on any atom is -0.382 e. The van der Waals surface area contributed by atoms with Crippen molar-refractivity contribution in [3.8, 4) is 0 Å². The van der Waals surface area contributed by atoms with Gasteiger partial charge in [0.2, 0.25) is 0 Å². The van der Waals surface area contributed by atoms with Gasteiger partial charge in [-0.2, -0.15) is 0 Å². The summed E-state index contributed by atoms with van der Waals surface area (Å²) in [5.41, 5.74) is 9.53. The van der Waals surface area contributed by atoms with Crippen molar-refractivity contribution < 1.29 is 9.18 Å². The summed E-state index contributed by atoms with van der Waals surface area (Å²) in [5.74, 6) is -0.298. The van der Waals surface area contributed by atoms with Gasteiger partial charge in [0, 0.05) is 33.8 Å². The largest absolute Gasteiger partial charge is 0.382 e. The Morgan fingerprint density at radius 3 is 2.85 bits per heavy atom. The Hall–Kier alpha value is -3.62. The molecule has 3 N–H and O–H groups in total.